The van der Waals surface area contributed by atoms with Crippen LogP contribution >= 0.6 is 7.82 Å². The standard InChI is InChI=1S/C10H21O7P.3K/c11-6-5-9(8-10(12)13)4-2-1-3-7-17-18(14,15)16;;;/h9,11H,1-8H2,(H,12,13)(H2,14,15,16);;;/q;3*+1/p-3. The number of hydrogen-bond acceptors (Lipinski definition) is 7. The Morgan fingerprint density at radius 2 is 1.67 bits per heavy atom. The number of carboxylic acid groups (broad SMARTS) is 1. The summed E-state index contributed by atoms with van der Waals surface area (Å²) in [6, 6.07) is 0. The Morgan fingerprint density at radius 1 is 1.10 bits per heavy atom. The van der Waals surface area contributed by atoms with Crippen LogP contribution in [0.1, 0.15) is 38.5 Å². The summed E-state index contributed by atoms with van der Waals surface area (Å²) < 4.78 is 14.2. The van der Waals surface area contributed by atoms with Gasteiger partial charge in [0.1, 0.15) is 0 Å². The molecule has 0 saturated heterocycles. The molecule has 0 aromatic carbocycles. The molecule has 1 N–H and O–H groups in total. The van der Waals surface area contributed by atoms with Gasteiger partial charge in [0.2, 0.25) is 0 Å². The molecule has 0 saturated carbocycles. The Balaban J connectivity index is -0.000000482. The van der Waals surface area contributed by atoms with Gasteiger partial charge in [0.05, 0.1) is 14.4 Å². The second kappa shape index (κ2) is 20.8. The van der Waals surface area contributed by atoms with Crippen LogP contribution in [0.3, 0.4) is 0 Å². The Labute approximate surface area is 253 Å². The molecule has 21 heavy (non-hydrogen) atoms. The van der Waals surface area contributed by atoms with Crippen molar-refractivity contribution in [2.24, 2.45) is 5.92 Å². The van der Waals surface area contributed by atoms with E-state index >= 15 is 0 Å². The van der Waals surface area contributed by atoms with Crippen molar-refractivity contribution in [2.45, 2.75) is 38.5 Å². The van der Waals surface area contributed by atoms with Gasteiger partial charge in [-0.1, -0.05) is 19.3 Å². The van der Waals surface area contributed by atoms with Crippen LogP contribution in [-0.2, 0) is 13.9 Å². The molecule has 1 atom stereocenters. The third kappa shape index (κ3) is 26.8. The van der Waals surface area contributed by atoms with E-state index in [0.717, 1.165) is 0 Å². The second-order valence-electron chi connectivity index (χ2n) is 4.08. The summed E-state index contributed by atoms with van der Waals surface area (Å²) >= 11 is 0. The average molecular weight is 399 g/mol. The first kappa shape index (κ1) is 33.1. The number of carboxylic acids is 1. The average Bonchev–Trinajstić information content (AvgIpc) is 2.21. The molecule has 0 aliphatic heterocycles. The molecule has 0 heterocycles. The fraction of sp³-hybridized carbons (Fsp3) is 0.900. The van der Waals surface area contributed by atoms with Crippen molar-refractivity contribution < 1.29 is 188 Å². The predicted octanol–water partition coefficient (Wildman–Crippen LogP) is -10.5. The van der Waals surface area contributed by atoms with Crippen LogP contribution in [0.2, 0.25) is 0 Å². The van der Waals surface area contributed by atoms with E-state index in [4.69, 9.17) is 5.11 Å². The number of aliphatic carboxylic acids is 1. The van der Waals surface area contributed by atoms with Crippen molar-refractivity contribution in [2.75, 3.05) is 13.2 Å². The Bertz CT molecular complexity index is 288. The van der Waals surface area contributed by atoms with Gasteiger partial charge in [0.25, 0.3) is 0 Å². The summed E-state index contributed by atoms with van der Waals surface area (Å²) in [5.74, 6) is -1.28. The third-order valence-electron chi connectivity index (χ3n) is 2.50. The first-order valence-electron chi connectivity index (χ1n) is 5.82. The first-order valence-corrected chi connectivity index (χ1v) is 7.28. The SMILES string of the molecule is O=C([O-])CC(CCO)CCCCCOP(=O)([O-])[O-].[K+].[K+].[K+]. The molecule has 1 unspecified atom stereocenters. The van der Waals surface area contributed by atoms with Gasteiger partial charge >= 0.3 is 154 Å². The number of phosphoric ester groups is 1. The number of aliphatic hydroxyl groups is 1. The third-order valence-corrected chi connectivity index (χ3v) is 3.00. The van der Waals surface area contributed by atoms with Gasteiger partial charge in [-0.05, 0) is 25.2 Å². The molecule has 0 rings (SSSR count). The minimum atomic E-state index is -4.88. The monoisotopic (exact) mass is 398 g/mol. The van der Waals surface area contributed by atoms with Crippen LogP contribution < -0.4 is 169 Å². The van der Waals surface area contributed by atoms with Gasteiger partial charge in [-0.25, -0.2) is 0 Å². The van der Waals surface area contributed by atoms with Gasteiger partial charge in [-0.2, -0.15) is 0 Å². The quantitative estimate of drug-likeness (QED) is 0.208. The van der Waals surface area contributed by atoms with Crippen molar-refractivity contribution in [3.63, 3.8) is 0 Å². The Kier molecular flexibility index (Phi) is 32.7. The predicted molar refractivity (Wildman–Crippen MR) is 56.8 cm³/mol. The van der Waals surface area contributed by atoms with Gasteiger partial charge < -0.3 is 33.9 Å². The summed E-state index contributed by atoms with van der Waals surface area (Å²) in [6.07, 6.45) is 2.67. The number of phosphoric acid groups is 1. The summed E-state index contributed by atoms with van der Waals surface area (Å²) in [5, 5.41) is 19.2. The minimum absolute atomic E-state index is 0. The van der Waals surface area contributed by atoms with Crippen LogP contribution in [0.5, 0.6) is 0 Å². The molecule has 0 amide bonds. The van der Waals surface area contributed by atoms with Crippen LogP contribution in [0, 0.1) is 5.92 Å². The van der Waals surface area contributed by atoms with Crippen LogP contribution in [0.15, 0.2) is 0 Å². The maximum Gasteiger partial charge on any atom is 1.00 e. The first-order chi connectivity index (χ1) is 8.35. The zero-order chi connectivity index (χ0) is 14.0. The summed E-state index contributed by atoms with van der Waals surface area (Å²) in [5.41, 5.74) is 0. The molecule has 108 valence electrons. The molecule has 0 aromatic rings. The van der Waals surface area contributed by atoms with E-state index in [1.54, 1.807) is 0 Å². The Morgan fingerprint density at radius 3 is 2.10 bits per heavy atom. The largest absolute Gasteiger partial charge is 1.00 e. The van der Waals surface area contributed by atoms with Crippen LogP contribution in [0.4, 0.5) is 0 Å². The molecular weight excluding hydrogens is 380 g/mol. The van der Waals surface area contributed by atoms with E-state index in [1.165, 1.54) is 0 Å². The number of hydrogen-bond donors (Lipinski definition) is 1. The molecule has 0 bridgehead atoms. The van der Waals surface area contributed by atoms with E-state index in [-0.39, 0.29) is 180 Å². The van der Waals surface area contributed by atoms with Crippen LogP contribution in [0.25, 0.3) is 0 Å². The van der Waals surface area contributed by atoms with Gasteiger partial charge in [0, 0.05) is 12.6 Å². The number of unbranched alkanes of at least 4 members (excludes halogenated alkanes) is 2. The van der Waals surface area contributed by atoms with E-state index < -0.39 is 13.8 Å². The van der Waals surface area contributed by atoms with Gasteiger partial charge in [0.15, 0.2) is 0 Å². The van der Waals surface area contributed by atoms with Gasteiger partial charge in [-0.15, -0.1) is 0 Å². The second-order valence-corrected chi connectivity index (χ2v) is 5.24. The molecule has 0 fully saturated rings. The van der Waals surface area contributed by atoms with Crippen LogP contribution in [-0.4, -0.2) is 24.3 Å². The molecule has 7 nitrogen and oxygen atoms in total. The van der Waals surface area contributed by atoms with Crippen molar-refractivity contribution in [1.82, 2.24) is 0 Å². The van der Waals surface area contributed by atoms with Crippen molar-refractivity contribution in [1.29, 1.82) is 0 Å². The molecule has 0 aliphatic rings. The topological polar surface area (TPSA) is 133 Å². The summed E-state index contributed by atoms with van der Waals surface area (Å²) in [7, 11) is -4.88. The zero-order valence-electron chi connectivity index (χ0n) is 13.1. The fourth-order valence-electron chi connectivity index (χ4n) is 1.65. The molecule has 0 aromatic heterocycles. The zero-order valence-corrected chi connectivity index (χ0v) is 23.3. The van der Waals surface area contributed by atoms with E-state index in [1.807, 2.05) is 0 Å². The maximum absolute atomic E-state index is 10.4. The van der Waals surface area contributed by atoms with E-state index in [9.17, 15) is 24.3 Å². The van der Waals surface area contributed by atoms with Crippen molar-refractivity contribution >= 4 is 13.8 Å². The van der Waals surface area contributed by atoms with E-state index in [0.29, 0.717) is 32.1 Å². The summed E-state index contributed by atoms with van der Waals surface area (Å²) in [6.45, 7) is -0.216. The molecule has 0 aliphatic carbocycles. The van der Waals surface area contributed by atoms with Gasteiger partial charge in [-0.3, -0.25) is 0 Å². The molecule has 0 radical (unpaired) electrons. The number of carbonyl (C=O) groups excluding carboxylic acids is 1. The Hall–Kier alpha value is 4.45. The number of aliphatic hydroxyl groups excluding tert-OH is 1. The molecule has 11 heteroatoms. The van der Waals surface area contributed by atoms with E-state index in [2.05, 4.69) is 4.52 Å². The van der Waals surface area contributed by atoms with Crippen molar-refractivity contribution in [3.8, 4) is 0 Å². The maximum atomic E-state index is 10.4. The smallest absolute Gasteiger partial charge is 0.790 e. The fourth-order valence-corrected chi connectivity index (χ4v) is 2.01. The number of carbonyl (C=O) groups is 1. The normalized spacial score (nSPS) is 11.6. The minimum Gasteiger partial charge on any atom is -0.790 e. The number of rotatable bonds is 11. The molecular formula is C10H18K3O7P. The van der Waals surface area contributed by atoms with Crippen molar-refractivity contribution in [3.05, 3.63) is 0 Å². The summed E-state index contributed by atoms with van der Waals surface area (Å²) in [4.78, 5) is 30.7. The molecule has 0 spiro atoms.